The van der Waals surface area contributed by atoms with Crippen LogP contribution in [0.5, 0.6) is 0 Å². The van der Waals surface area contributed by atoms with Gasteiger partial charge in [-0.15, -0.1) is 0 Å². The molecule has 1 aliphatic heterocycles. The first kappa shape index (κ1) is 22.8. The van der Waals surface area contributed by atoms with E-state index in [-0.39, 0.29) is 5.57 Å². The van der Waals surface area contributed by atoms with Crippen LogP contribution in [0.4, 0.5) is 10.5 Å². The van der Waals surface area contributed by atoms with Crippen LogP contribution in [-0.2, 0) is 16.0 Å². The maximum Gasteiger partial charge on any atom is 0.335 e. The molecule has 0 atom stereocenters. The molecule has 0 aliphatic carbocycles. The lowest BCUT2D eigenvalue weighted by molar-refractivity contribution is -0.122. The van der Waals surface area contributed by atoms with Crippen LogP contribution >= 0.6 is 23.2 Å². The Kier molecular flexibility index (Phi) is 6.36. The molecule has 33 heavy (non-hydrogen) atoms. The van der Waals surface area contributed by atoms with Crippen molar-refractivity contribution in [2.24, 2.45) is 0 Å². The van der Waals surface area contributed by atoms with Crippen molar-refractivity contribution in [3.8, 4) is 0 Å². The fraction of sp³-hybridized carbons (Fsp3) is 0.115. The first-order chi connectivity index (χ1) is 15.7. The summed E-state index contributed by atoms with van der Waals surface area (Å²) in [5.74, 6) is -1.45. The zero-order valence-corrected chi connectivity index (χ0v) is 19.5. The topological polar surface area (TPSA) is 66.5 Å². The molecular weight excluding hydrogens is 459 g/mol. The first-order valence-electron chi connectivity index (χ1n) is 10.2. The van der Waals surface area contributed by atoms with E-state index in [0.717, 1.165) is 27.2 Å². The molecule has 1 aliphatic rings. The van der Waals surface area contributed by atoms with Crippen LogP contribution in [0.3, 0.4) is 0 Å². The Hall–Kier alpha value is -3.41. The number of aryl methyl sites for hydroxylation is 2. The molecule has 0 bridgehead atoms. The summed E-state index contributed by atoms with van der Waals surface area (Å²) in [5.41, 5.74) is 4.50. The van der Waals surface area contributed by atoms with E-state index in [1.54, 1.807) is 30.3 Å². The molecule has 4 rings (SSSR count). The van der Waals surface area contributed by atoms with Crippen LogP contribution in [0.2, 0.25) is 10.0 Å². The lowest BCUT2D eigenvalue weighted by atomic mass is 9.97. The summed E-state index contributed by atoms with van der Waals surface area (Å²) >= 11 is 12.5. The molecule has 0 aromatic heterocycles. The summed E-state index contributed by atoms with van der Waals surface area (Å²) in [6.45, 7) is 3.83. The van der Waals surface area contributed by atoms with Crippen molar-refractivity contribution in [3.63, 3.8) is 0 Å². The van der Waals surface area contributed by atoms with Crippen molar-refractivity contribution in [3.05, 3.63) is 104 Å². The maximum atomic E-state index is 13.3. The second-order valence-corrected chi connectivity index (χ2v) is 8.68. The van der Waals surface area contributed by atoms with Gasteiger partial charge in [-0.05, 0) is 84.5 Å². The van der Waals surface area contributed by atoms with Gasteiger partial charge >= 0.3 is 6.03 Å². The zero-order chi connectivity index (χ0) is 23.7. The van der Waals surface area contributed by atoms with E-state index < -0.39 is 17.8 Å². The highest BCUT2D eigenvalue weighted by Crippen LogP contribution is 2.28. The Morgan fingerprint density at radius 3 is 2.36 bits per heavy atom. The maximum absolute atomic E-state index is 13.3. The number of amides is 4. The van der Waals surface area contributed by atoms with Crippen molar-refractivity contribution >= 4 is 52.8 Å². The number of imide groups is 2. The molecule has 1 fully saturated rings. The average molecular weight is 479 g/mol. The predicted octanol–water partition coefficient (Wildman–Crippen LogP) is 5.87. The molecule has 4 amide bonds. The number of rotatable bonds is 4. The standard InChI is InChI=1S/C26H20Cl2N2O3/c1-15-7-10-21(11-16(15)2)30-25(32)22(24(31)29-26(30)33)14-19-13-20(27)9-8-17(19)12-18-5-3-4-6-23(18)28/h3-11,13-14H,12H2,1-2H3,(H,29,31,33)/b22-14+. The van der Waals surface area contributed by atoms with Crippen molar-refractivity contribution in [2.75, 3.05) is 4.90 Å². The lowest BCUT2D eigenvalue weighted by Crippen LogP contribution is -2.54. The van der Waals surface area contributed by atoms with Crippen LogP contribution in [-0.4, -0.2) is 17.8 Å². The van der Waals surface area contributed by atoms with Crippen LogP contribution < -0.4 is 10.2 Å². The smallest absolute Gasteiger partial charge is 0.273 e. The number of hydrogen-bond acceptors (Lipinski definition) is 3. The lowest BCUT2D eigenvalue weighted by Gasteiger charge is -2.27. The Labute approximate surface area is 201 Å². The van der Waals surface area contributed by atoms with Gasteiger partial charge in [0.2, 0.25) is 0 Å². The second-order valence-electron chi connectivity index (χ2n) is 7.84. The Morgan fingerprint density at radius 1 is 0.879 bits per heavy atom. The summed E-state index contributed by atoms with van der Waals surface area (Å²) in [5, 5.41) is 3.33. The molecule has 0 spiro atoms. The van der Waals surface area contributed by atoms with Crippen LogP contribution in [0.1, 0.15) is 27.8 Å². The number of hydrogen-bond donors (Lipinski definition) is 1. The molecule has 3 aromatic rings. The number of urea groups is 1. The van der Waals surface area contributed by atoms with E-state index in [1.165, 1.54) is 6.08 Å². The summed E-state index contributed by atoms with van der Waals surface area (Å²) in [6.07, 6.45) is 1.95. The quantitative estimate of drug-likeness (QED) is 0.376. The Balaban J connectivity index is 1.76. The van der Waals surface area contributed by atoms with Gasteiger partial charge in [0.05, 0.1) is 5.69 Å². The number of benzene rings is 3. The molecule has 7 heteroatoms. The average Bonchev–Trinajstić information content (AvgIpc) is 2.76. The molecule has 0 radical (unpaired) electrons. The minimum absolute atomic E-state index is 0.157. The molecule has 5 nitrogen and oxygen atoms in total. The molecule has 1 heterocycles. The number of barbiturate groups is 1. The van der Waals surface area contributed by atoms with E-state index >= 15 is 0 Å². The summed E-state index contributed by atoms with van der Waals surface area (Å²) in [4.78, 5) is 39.4. The first-order valence-corrected chi connectivity index (χ1v) is 11.0. The van der Waals surface area contributed by atoms with Crippen molar-refractivity contribution in [2.45, 2.75) is 20.3 Å². The predicted molar refractivity (Wildman–Crippen MR) is 131 cm³/mol. The normalized spacial score (nSPS) is 15.2. The number of nitrogens with one attached hydrogen (secondary N) is 1. The zero-order valence-electron chi connectivity index (χ0n) is 18.0. The van der Waals surface area contributed by atoms with Crippen LogP contribution in [0, 0.1) is 13.8 Å². The van der Waals surface area contributed by atoms with Crippen molar-refractivity contribution in [1.82, 2.24) is 5.32 Å². The largest absolute Gasteiger partial charge is 0.335 e. The van der Waals surface area contributed by atoms with Crippen molar-refractivity contribution in [1.29, 1.82) is 0 Å². The summed E-state index contributed by atoms with van der Waals surface area (Å²) < 4.78 is 0. The van der Waals surface area contributed by atoms with E-state index in [9.17, 15) is 14.4 Å². The number of anilines is 1. The van der Waals surface area contributed by atoms with Gasteiger partial charge in [0.1, 0.15) is 5.57 Å². The monoisotopic (exact) mass is 478 g/mol. The molecule has 0 saturated carbocycles. The third-order valence-corrected chi connectivity index (χ3v) is 6.20. The molecule has 0 unspecified atom stereocenters. The highest BCUT2D eigenvalue weighted by atomic mass is 35.5. The van der Waals surface area contributed by atoms with Gasteiger partial charge in [-0.25, -0.2) is 9.69 Å². The molecule has 166 valence electrons. The molecule has 1 N–H and O–H groups in total. The fourth-order valence-corrected chi connectivity index (χ4v) is 4.00. The summed E-state index contributed by atoms with van der Waals surface area (Å²) in [7, 11) is 0. The number of halogens is 2. The van der Waals surface area contributed by atoms with Gasteiger partial charge < -0.3 is 0 Å². The molecule has 1 saturated heterocycles. The van der Waals surface area contributed by atoms with Gasteiger partial charge in [-0.3, -0.25) is 14.9 Å². The highest BCUT2D eigenvalue weighted by molar-refractivity contribution is 6.39. The number of nitrogens with zero attached hydrogens (tertiary/aromatic N) is 1. The minimum Gasteiger partial charge on any atom is -0.273 e. The van der Waals surface area contributed by atoms with Gasteiger partial charge in [-0.2, -0.15) is 0 Å². The van der Waals surface area contributed by atoms with Gasteiger partial charge in [0, 0.05) is 10.0 Å². The second kappa shape index (κ2) is 9.22. The Morgan fingerprint density at radius 2 is 1.64 bits per heavy atom. The summed E-state index contributed by atoms with van der Waals surface area (Å²) in [6, 6.07) is 17.1. The SMILES string of the molecule is Cc1ccc(N2C(=O)NC(=O)/C(=C\c3cc(Cl)ccc3Cc3ccccc3Cl)C2=O)cc1C. The molecular formula is C26H20Cl2N2O3. The van der Waals surface area contributed by atoms with Crippen LogP contribution in [0.25, 0.3) is 6.08 Å². The third-order valence-electron chi connectivity index (χ3n) is 5.60. The van der Waals surface area contributed by atoms with Crippen LogP contribution in [0.15, 0.2) is 66.2 Å². The van der Waals surface area contributed by atoms with Gasteiger partial charge in [0.25, 0.3) is 11.8 Å². The van der Waals surface area contributed by atoms with Gasteiger partial charge in [0.15, 0.2) is 0 Å². The highest BCUT2D eigenvalue weighted by Gasteiger charge is 2.37. The van der Waals surface area contributed by atoms with E-state index in [2.05, 4.69) is 5.32 Å². The minimum atomic E-state index is -0.784. The van der Waals surface area contributed by atoms with Crippen molar-refractivity contribution < 1.29 is 14.4 Å². The molecule has 3 aromatic carbocycles. The Bertz CT molecular complexity index is 1330. The van der Waals surface area contributed by atoms with E-state index in [4.69, 9.17) is 23.2 Å². The number of carbonyl (C=O) groups excluding carboxylic acids is 3. The van der Waals surface area contributed by atoms with E-state index in [1.807, 2.05) is 44.2 Å². The third kappa shape index (κ3) is 4.70. The fourth-order valence-electron chi connectivity index (χ4n) is 3.62. The number of carbonyl (C=O) groups is 3. The van der Waals surface area contributed by atoms with Gasteiger partial charge in [-0.1, -0.05) is 53.5 Å². The van der Waals surface area contributed by atoms with E-state index in [0.29, 0.717) is 27.7 Å².